The Labute approximate surface area is 113 Å². The molecular weight excluding hydrogens is 302 g/mol. The normalized spacial score (nSPS) is 17.2. The number of nitrogens with zero attached hydrogens (tertiary/aromatic N) is 2. The minimum absolute atomic E-state index is 0.140. The van der Waals surface area contributed by atoms with Crippen LogP contribution in [0.1, 0.15) is 5.76 Å². The molecule has 1 N–H and O–H groups in total. The fourth-order valence-corrected chi connectivity index (χ4v) is 1.88. The summed E-state index contributed by atoms with van der Waals surface area (Å²) in [4.78, 5) is 13.6. The second-order valence-electron chi connectivity index (χ2n) is 3.82. The Morgan fingerprint density at radius 3 is 2.94 bits per heavy atom. The van der Waals surface area contributed by atoms with Gasteiger partial charge in [-0.3, -0.25) is 9.69 Å². The van der Waals surface area contributed by atoms with Crippen LogP contribution in [0.5, 0.6) is 0 Å². The van der Waals surface area contributed by atoms with Crippen molar-refractivity contribution >= 4 is 28.1 Å². The highest BCUT2D eigenvalue weighted by atomic mass is 79.9. The maximum absolute atomic E-state index is 11.6. The van der Waals surface area contributed by atoms with Crippen LogP contribution in [0.4, 0.5) is 0 Å². The number of hydrogen-bond acceptors (Lipinski definition) is 5. The molecule has 0 bridgehead atoms. The number of morpholine rings is 1. The topological polar surface area (TPSA) is 67.1 Å². The lowest BCUT2D eigenvalue weighted by atomic mass is 10.4. The van der Waals surface area contributed by atoms with Crippen LogP contribution in [0.15, 0.2) is 26.3 Å². The molecule has 6 nitrogen and oxygen atoms in total. The lowest BCUT2D eigenvalue weighted by Gasteiger charge is -2.25. The average molecular weight is 316 g/mol. The molecule has 2 rings (SSSR count). The molecule has 0 radical (unpaired) electrons. The molecule has 7 heteroatoms. The highest BCUT2D eigenvalue weighted by Gasteiger charge is 2.13. The van der Waals surface area contributed by atoms with Gasteiger partial charge in [0, 0.05) is 13.1 Å². The van der Waals surface area contributed by atoms with Crippen LogP contribution in [-0.4, -0.2) is 49.9 Å². The third kappa shape index (κ3) is 4.25. The molecule has 98 valence electrons. The van der Waals surface area contributed by atoms with Gasteiger partial charge in [0.1, 0.15) is 5.76 Å². The van der Waals surface area contributed by atoms with Crippen molar-refractivity contribution < 1.29 is 13.9 Å². The number of ether oxygens (including phenoxy) is 1. The van der Waals surface area contributed by atoms with Gasteiger partial charge in [0.25, 0.3) is 5.91 Å². The van der Waals surface area contributed by atoms with E-state index < -0.39 is 0 Å². The first-order valence-corrected chi connectivity index (χ1v) is 6.41. The van der Waals surface area contributed by atoms with Gasteiger partial charge in [-0.05, 0) is 28.1 Å². The van der Waals surface area contributed by atoms with Gasteiger partial charge in [-0.2, -0.15) is 5.10 Å². The molecule has 1 aromatic rings. The summed E-state index contributed by atoms with van der Waals surface area (Å²) in [5.74, 6) is 0.437. The molecule has 0 saturated carbocycles. The first-order valence-electron chi connectivity index (χ1n) is 5.61. The lowest BCUT2D eigenvalue weighted by Crippen LogP contribution is -2.42. The summed E-state index contributed by atoms with van der Waals surface area (Å²) in [6, 6.07) is 3.51. The molecule has 0 unspecified atom stereocenters. The average Bonchev–Trinajstić information content (AvgIpc) is 2.76. The first kappa shape index (κ1) is 13.3. The van der Waals surface area contributed by atoms with Crippen LogP contribution in [0, 0.1) is 0 Å². The standard InChI is InChI=1S/C11H14BrN3O3/c12-10-2-1-9(18-10)7-13-14-11(16)8-15-3-5-17-6-4-15/h1-2,7H,3-6,8H2,(H,14,16)/b13-7-. The van der Waals surface area contributed by atoms with E-state index in [1.165, 1.54) is 6.21 Å². The van der Waals surface area contributed by atoms with Crippen molar-refractivity contribution in [2.75, 3.05) is 32.8 Å². The summed E-state index contributed by atoms with van der Waals surface area (Å²) in [7, 11) is 0. The van der Waals surface area contributed by atoms with Crippen molar-refractivity contribution in [2.45, 2.75) is 0 Å². The summed E-state index contributed by atoms with van der Waals surface area (Å²) in [6.07, 6.45) is 1.46. The van der Waals surface area contributed by atoms with E-state index in [1.54, 1.807) is 12.1 Å². The van der Waals surface area contributed by atoms with Crippen molar-refractivity contribution in [3.8, 4) is 0 Å². The Hall–Kier alpha value is -1.18. The van der Waals surface area contributed by atoms with Gasteiger partial charge >= 0.3 is 0 Å². The number of rotatable bonds is 4. The number of carbonyl (C=O) groups is 1. The van der Waals surface area contributed by atoms with E-state index in [2.05, 4.69) is 26.5 Å². The third-order valence-electron chi connectivity index (χ3n) is 2.45. The van der Waals surface area contributed by atoms with Crippen LogP contribution in [0.25, 0.3) is 0 Å². The third-order valence-corrected chi connectivity index (χ3v) is 2.87. The zero-order valence-electron chi connectivity index (χ0n) is 9.76. The zero-order valence-corrected chi connectivity index (χ0v) is 11.4. The highest BCUT2D eigenvalue weighted by molar-refractivity contribution is 9.10. The molecule has 0 atom stereocenters. The summed E-state index contributed by atoms with van der Waals surface area (Å²) in [6.45, 7) is 3.25. The van der Waals surface area contributed by atoms with Crippen molar-refractivity contribution in [3.05, 3.63) is 22.6 Å². The monoisotopic (exact) mass is 315 g/mol. The van der Waals surface area contributed by atoms with E-state index in [0.29, 0.717) is 30.2 Å². The molecule has 0 aromatic carbocycles. The first-order chi connectivity index (χ1) is 8.74. The van der Waals surface area contributed by atoms with Gasteiger partial charge in [0.15, 0.2) is 4.67 Å². The summed E-state index contributed by atoms with van der Waals surface area (Å²) < 4.78 is 11.0. The molecule has 0 aliphatic carbocycles. The number of halogens is 1. The summed E-state index contributed by atoms with van der Waals surface area (Å²) in [5.41, 5.74) is 2.46. The Kier molecular flexibility index (Phi) is 4.91. The highest BCUT2D eigenvalue weighted by Crippen LogP contribution is 2.11. The number of hydrazone groups is 1. The molecule has 2 heterocycles. The minimum atomic E-state index is -0.140. The Morgan fingerprint density at radius 1 is 1.50 bits per heavy atom. The van der Waals surface area contributed by atoms with E-state index >= 15 is 0 Å². The molecule has 1 aliphatic rings. The van der Waals surface area contributed by atoms with E-state index in [0.717, 1.165) is 13.1 Å². The van der Waals surface area contributed by atoms with E-state index in [1.807, 2.05) is 4.90 Å². The molecular formula is C11H14BrN3O3. The van der Waals surface area contributed by atoms with Crippen molar-refractivity contribution in [1.29, 1.82) is 0 Å². The SMILES string of the molecule is O=C(CN1CCOCC1)N/N=C\c1ccc(Br)o1. The smallest absolute Gasteiger partial charge is 0.254 e. The summed E-state index contributed by atoms with van der Waals surface area (Å²) in [5, 5.41) is 3.82. The molecule has 1 saturated heterocycles. The van der Waals surface area contributed by atoms with Crippen molar-refractivity contribution in [2.24, 2.45) is 5.10 Å². The fraction of sp³-hybridized carbons (Fsp3) is 0.455. The van der Waals surface area contributed by atoms with Crippen molar-refractivity contribution in [1.82, 2.24) is 10.3 Å². The van der Waals surface area contributed by atoms with Crippen LogP contribution in [0.2, 0.25) is 0 Å². The van der Waals surface area contributed by atoms with E-state index in [9.17, 15) is 4.79 Å². The van der Waals surface area contributed by atoms with Gasteiger partial charge < -0.3 is 9.15 Å². The molecule has 1 fully saturated rings. The predicted octanol–water partition coefficient (Wildman–Crippen LogP) is 0.824. The summed E-state index contributed by atoms with van der Waals surface area (Å²) >= 11 is 3.18. The Morgan fingerprint density at radius 2 is 2.28 bits per heavy atom. The molecule has 18 heavy (non-hydrogen) atoms. The van der Waals surface area contributed by atoms with Crippen LogP contribution in [0.3, 0.4) is 0 Å². The molecule has 1 aliphatic heterocycles. The number of hydrogen-bond donors (Lipinski definition) is 1. The Balaban J connectivity index is 1.72. The van der Waals surface area contributed by atoms with Gasteiger partial charge in [0.05, 0.1) is 26.0 Å². The largest absolute Gasteiger partial charge is 0.448 e. The second kappa shape index (κ2) is 6.67. The van der Waals surface area contributed by atoms with Gasteiger partial charge in [0.2, 0.25) is 0 Å². The van der Waals surface area contributed by atoms with Gasteiger partial charge in [-0.15, -0.1) is 0 Å². The number of nitrogens with one attached hydrogen (secondary N) is 1. The predicted molar refractivity (Wildman–Crippen MR) is 69.4 cm³/mol. The van der Waals surface area contributed by atoms with Gasteiger partial charge in [-0.1, -0.05) is 0 Å². The maximum atomic E-state index is 11.6. The number of furan rings is 1. The molecule has 1 amide bonds. The molecule has 1 aromatic heterocycles. The van der Waals surface area contributed by atoms with Crippen LogP contribution in [-0.2, 0) is 9.53 Å². The quantitative estimate of drug-likeness (QED) is 0.660. The Bertz CT molecular complexity index is 427. The zero-order chi connectivity index (χ0) is 12.8. The van der Waals surface area contributed by atoms with Crippen LogP contribution < -0.4 is 5.43 Å². The van der Waals surface area contributed by atoms with Crippen LogP contribution >= 0.6 is 15.9 Å². The number of carbonyl (C=O) groups excluding carboxylic acids is 1. The van der Waals surface area contributed by atoms with Gasteiger partial charge in [-0.25, -0.2) is 5.43 Å². The maximum Gasteiger partial charge on any atom is 0.254 e. The number of amides is 1. The molecule has 0 spiro atoms. The van der Waals surface area contributed by atoms with E-state index in [-0.39, 0.29) is 5.91 Å². The second-order valence-corrected chi connectivity index (χ2v) is 4.61. The minimum Gasteiger partial charge on any atom is -0.448 e. The van der Waals surface area contributed by atoms with E-state index in [4.69, 9.17) is 9.15 Å². The van der Waals surface area contributed by atoms with Crippen molar-refractivity contribution in [3.63, 3.8) is 0 Å². The lowest BCUT2D eigenvalue weighted by molar-refractivity contribution is -0.123. The fourth-order valence-electron chi connectivity index (χ4n) is 1.56.